The van der Waals surface area contributed by atoms with Gasteiger partial charge in [-0.25, -0.2) is 4.79 Å². The summed E-state index contributed by atoms with van der Waals surface area (Å²) in [5.74, 6) is 0. The predicted molar refractivity (Wildman–Crippen MR) is 97.4 cm³/mol. The van der Waals surface area contributed by atoms with Crippen molar-refractivity contribution in [1.29, 1.82) is 0 Å². The number of carbonyl (C=O) groups excluding carboxylic acids is 1. The van der Waals surface area contributed by atoms with Crippen molar-refractivity contribution in [2.24, 2.45) is 5.11 Å². The first-order chi connectivity index (χ1) is 10.8. The summed E-state index contributed by atoms with van der Waals surface area (Å²) in [4.78, 5) is 17.0. The van der Waals surface area contributed by atoms with E-state index in [-0.39, 0.29) is 29.8 Å². The monoisotopic (exact) mass is 356 g/mol. The van der Waals surface area contributed by atoms with Crippen LogP contribution in [0.4, 0.5) is 4.79 Å². The van der Waals surface area contributed by atoms with Crippen molar-refractivity contribution >= 4 is 14.4 Å². The van der Waals surface area contributed by atoms with Crippen molar-refractivity contribution in [2.75, 3.05) is 13.1 Å². The molecular weight excluding hydrogens is 324 g/mol. The number of azide groups is 1. The van der Waals surface area contributed by atoms with E-state index < -0.39 is 13.9 Å². The molecule has 0 radical (unpaired) electrons. The third-order valence-electron chi connectivity index (χ3n) is 4.70. The zero-order valence-electron chi connectivity index (χ0n) is 16.3. The van der Waals surface area contributed by atoms with E-state index >= 15 is 0 Å². The van der Waals surface area contributed by atoms with E-state index in [1.165, 1.54) is 0 Å². The second-order valence-corrected chi connectivity index (χ2v) is 13.6. The first kappa shape index (κ1) is 20.8. The summed E-state index contributed by atoms with van der Waals surface area (Å²) in [6.45, 7) is 17.2. The average molecular weight is 357 g/mol. The van der Waals surface area contributed by atoms with Gasteiger partial charge in [-0.05, 0) is 50.9 Å². The molecule has 0 bridgehead atoms. The molecule has 1 aliphatic rings. The Morgan fingerprint density at radius 2 is 1.88 bits per heavy atom. The lowest BCUT2D eigenvalue weighted by Gasteiger charge is -2.40. The number of ether oxygens (including phenoxy) is 1. The van der Waals surface area contributed by atoms with Gasteiger partial charge in [0, 0.05) is 18.0 Å². The fourth-order valence-electron chi connectivity index (χ4n) is 2.40. The van der Waals surface area contributed by atoms with Crippen LogP contribution in [0.3, 0.4) is 0 Å². The summed E-state index contributed by atoms with van der Waals surface area (Å²) in [6, 6.07) is -0.273. The topological polar surface area (TPSA) is 87.5 Å². The number of likely N-dealkylation sites (tertiary alicyclic amines) is 1. The molecule has 0 spiro atoms. The fraction of sp³-hybridized carbons (Fsp3) is 0.938. The zero-order valence-corrected chi connectivity index (χ0v) is 17.3. The molecule has 1 amide bonds. The van der Waals surface area contributed by atoms with Crippen molar-refractivity contribution in [1.82, 2.24) is 4.90 Å². The number of hydrogen-bond donors (Lipinski definition) is 0. The molecule has 0 aromatic carbocycles. The second kappa shape index (κ2) is 7.33. The van der Waals surface area contributed by atoms with Gasteiger partial charge in [0.15, 0.2) is 8.32 Å². The van der Waals surface area contributed by atoms with Crippen molar-refractivity contribution in [3.05, 3.63) is 10.4 Å². The van der Waals surface area contributed by atoms with Crippen molar-refractivity contribution in [3.8, 4) is 0 Å². The number of amides is 1. The third kappa shape index (κ3) is 5.39. The maximum Gasteiger partial charge on any atom is 0.410 e. The fourth-order valence-corrected chi connectivity index (χ4v) is 3.79. The molecule has 2 atom stereocenters. The number of hydrogen-bond acceptors (Lipinski definition) is 4. The van der Waals surface area contributed by atoms with Gasteiger partial charge in [-0.3, -0.25) is 0 Å². The van der Waals surface area contributed by atoms with Gasteiger partial charge in [0.05, 0.1) is 12.1 Å². The Kier molecular flexibility index (Phi) is 6.35. The van der Waals surface area contributed by atoms with Crippen LogP contribution < -0.4 is 0 Å². The molecule has 0 aromatic heterocycles. The highest BCUT2D eigenvalue weighted by atomic mass is 28.4. The Hall–Kier alpha value is -1.24. The molecule has 24 heavy (non-hydrogen) atoms. The van der Waals surface area contributed by atoms with Gasteiger partial charge in [-0.2, -0.15) is 0 Å². The molecule has 0 unspecified atom stereocenters. The standard InChI is InChI=1S/C16H32N4O3Si/c1-15(2,3)22-14(21)20-10-9-13(12(20)11-18-19-17)23-24(7,8)16(4,5)6/h12-13H,9-11H2,1-8H3/t12-,13-/m1/s1. The van der Waals surface area contributed by atoms with Gasteiger partial charge in [-0.1, -0.05) is 25.9 Å². The van der Waals surface area contributed by atoms with E-state index in [4.69, 9.17) is 14.7 Å². The van der Waals surface area contributed by atoms with Crippen LogP contribution in [-0.4, -0.2) is 50.1 Å². The summed E-state index contributed by atoms with van der Waals surface area (Å²) in [5.41, 5.74) is 8.12. The Balaban J connectivity index is 2.95. The zero-order chi connectivity index (χ0) is 18.8. The van der Waals surface area contributed by atoms with E-state index in [1.54, 1.807) is 4.90 Å². The molecule has 1 aliphatic heterocycles. The van der Waals surface area contributed by atoms with Gasteiger partial charge in [0.25, 0.3) is 0 Å². The van der Waals surface area contributed by atoms with E-state index in [0.717, 1.165) is 6.42 Å². The molecule has 0 aliphatic carbocycles. The van der Waals surface area contributed by atoms with E-state index in [2.05, 4.69) is 43.9 Å². The highest BCUT2D eigenvalue weighted by Crippen LogP contribution is 2.39. The Labute approximate surface area is 146 Å². The summed E-state index contributed by atoms with van der Waals surface area (Å²) in [5, 5.41) is 3.77. The molecule has 0 aromatic rings. The predicted octanol–water partition coefficient (Wildman–Crippen LogP) is 4.70. The number of nitrogens with zero attached hydrogens (tertiary/aromatic N) is 4. The minimum absolute atomic E-state index is 0.0788. The average Bonchev–Trinajstić information content (AvgIpc) is 2.75. The van der Waals surface area contributed by atoms with Crippen LogP contribution in [-0.2, 0) is 9.16 Å². The lowest BCUT2D eigenvalue weighted by molar-refractivity contribution is 0.0174. The van der Waals surface area contributed by atoms with Gasteiger partial charge in [0.1, 0.15) is 5.60 Å². The summed E-state index contributed by atoms with van der Waals surface area (Å²) < 4.78 is 12.0. The minimum Gasteiger partial charge on any atom is -0.444 e. The van der Waals surface area contributed by atoms with Crippen LogP contribution in [0.1, 0.15) is 48.0 Å². The highest BCUT2D eigenvalue weighted by Gasteiger charge is 2.45. The van der Waals surface area contributed by atoms with Crippen LogP contribution in [0.25, 0.3) is 10.4 Å². The van der Waals surface area contributed by atoms with Crippen LogP contribution in [0.15, 0.2) is 5.11 Å². The van der Waals surface area contributed by atoms with Gasteiger partial charge >= 0.3 is 6.09 Å². The summed E-state index contributed by atoms with van der Waals surface area (Å²) >= 11 is 0. The van der Waals surface area contributed by atoms with Crippen LogP contribution in [0.5, 0.6) is 0 Å². The molecule has 0 saturated carbocycles. The molecule has 1 heterocycles. The van der Waals surface area contributed by atoms with Gasteiger partial charge < -0.3 is 14.1 Å². The quantitative estimate of drug-likeness (QED) is 0.316. The maximum atomic E-state index is 12.5. The van der Waals surface area contributed by atoms with Crippen LogP contribution in [0.2, 0.25) is 18.1 Å². The van der Waals surface area contributed by atoms with Crippen molar-refractivity contribution in [2.45, 2.75) is 83.8 Å². The normalized spacial score (nSPS) is 22.2. The lowest BCUT2D eigenvalue weighted by atomic mass is 10.2. The highest BCUT2D eigenvalue weighted by molar-refractivity contribution is 6.74. The summed E-state index contributed by atoms with van der Waals surface area (Å²) in [7, 11) is -1.98. The third-order valence-corrected chi connectivity index (χ3v) is 9.20. The molecule has 0 N–H and O–H groups in total. The van der Waals surface area contributed by atoms with Crippen LogP contribution >= 0.6 is 0 Å². The van der Waals surface area contributed by atoms with Crippen LogP contribution in [0, 0.1) is 0 Å². The summed E-state index contributed by atoms with van der Waals surface area (Å²) in [6.07, 6.45) is 0.239. The maximum absolute atomic E-state index is 12.5. The molecular formula is C16H32N4O3Si. The van der Waals surface area contributed by atoms with Gasteiger partial charge in [0.2, 0.25) is 0 Å². The minimum atomic E-state index is -1.98. The molecule has 7 nitrogen and oxygen atoms in total. The van der Waals surface area contributed by atoms with Crippen molar-refractivity contribution in [3.63, 3.8) is 0 Å². The van der Waals surface area contributed by atoms with E-state index in [1.807, 2.05) is 20.8 Å². The first-order valence-electron chi connectivity index (χ1n) is 8.47. The SMILES string of the molecule is CC(C)(C)OC(=O)N1CC[C@@H](O[Si](C)(C)C(C)(C)C)[C@H]1CN=[N+]=[N-]. The number of rotatable bonds is 4. The first-order valence-corrected chi connectivity index (χ1v) is 11.4. The Morgan fingerprint density at radius 3 is 2.33 bits per heavy atom. The Bertz CT molecular complexity index is 504. The number of carbonyl (C=O) groups is 1. The van der Waals surface area contributed by atoms with Gasteiger partial charge in [-0.15, -0.1) is 0 Å². The molecule has 8 heteroatoms. The Morgan fingerprint density at radius 1 is 1.29 bits per heavy atom. The smallest absolute Gasteiger partial charge is 0.410 e. The van der Waals surface area contributed by atoms with E-state index in [0.29, 0.717) is 6.54 Å². The van der Waals surface area contributed by atoms with Crippen molar-refractivity contribution < 1.29 is 14.0 Å². The lowest BCUT2D eigenvalue weighted by Crippen LogP contribution is -2.50. The second-order valence-electron chi connectivity index (χ2n) is 8.86. The molecule has 1 rings (SSSR count). The largest absolute Gasteiger partial charge is 0.444 e. The molecule has 1 fully saturated rings. The molecule has 1 saturated heterocycles. The molecule has 138 valence electrons. The van der Waals surface area contributed by atoms with E-state index in [9.17, 15) is 4.79 Å².